The number of hydrogen-bond donors (Lipinski definition) is 1. The van der Waals surface area contributed by atoms with Gasteiger partial charge >= 0.3 is 5.97 Å². The SMILES string of the molecule is Cc1c(COC(=O)[C@@H](C)NC(=O)c2ccccc2)cccc1[N+](=O)[O-]. The zero-order valence-electron chi connectivity index (χ0n) is 13.9. The fourth-order valence-electron chi connectivity index (χ4n) is 2.23. The van der Waals surface area contributed by atoms with E-state index in [0.29, 0.717) is 16.7 Å². The van der Waals surface area contributed by atoms with Crippen molar-refractivity contribution in [2.24, 2.45) is 0 Å². The highest BCUT2D eigenvalue weighted by Gasteiger charge is 2.19. The lowest BCUT2D eigenvalue weighted by atomic mass is 10.1. The van der Waals surface area contributed by atoms with Crippen molar-refractivity contribution in [2.75, 3.05) is 0 Å². The molecule has 0 heterocycles. The Hall–Kier alpha value is -3.22. The molecular weight excluding hydrogens is 324 g/mol. The molecule has 0 aromatic heterocycles. The van der Waals surface area contributed by atoms with Crippen LogP contribution in [0.4, 0.5) is 5.69 Å². The summed E-state index contributed by atoms with van der Waals surface area (Å²) < 4.78 is 5.17. The van der Waals surface area contributed by atoms with E-state index in [2.05, 4.69) is 5.32 Å². The van der Waals surface area contributed by atoms with E-state index < -0.39 is 16.9 Å². The van der Waals surface area contributed by atoms with Crippen molar-refractivity contribution in [1.29, 1.82) is 0 Å². The van der Waals surface area contributed by atoms with E-state index in [4.69, 9.17) is 4.74 Å². The fraction of sp³-hybridized carbons (Fsp3) is 0.222. The minimum Gasteiger partial charge on any atom is -0.459 e. The molecular formula is C18H18N2O5. The number of esters is 1. The lowest BCUT2D eigenvalue weighted by molar-refractivity contribution is -0.385. The van der Waals surface area contributed by atoms with Crippen LogP contribution in [0.5, 0.6) is 0 Å². The van der Waals surface area contributed by atoms with Gasteiger partial charge in [-0.05, 0) is 31.5 Å². The largest absolute Gasteiger partial charge is 0.459 e. The van der Waals surface area contributed by atoms with Gasteiger partial charge in [-0.1, -0.05) is 30.3 Å². The summed E-state index contributed by atoms with van der Waals surface area (Å²) in [5.74, 6) is -0.994. The zero-order chi connectivity index (χ0) is 18.4. The van der Waals surface area contributed by atoms with Crippen LogP contribution in [0.15, 0.2) is 48.5 Å². The maximum atomic E-state index is 12.0. The van der Waals surface area contributed by atoms with Crippen molar-refractivity contribution in [1.82, 2.24) is 5.32 Å². The van der Waals surface area contributed by atoms with E-state index in [1.165, 1.54) is 19.1 Å². The first-order valence-corrected chi connectivity index (χ1v) is 7.65. The summed E-state index contributed by atoms with van der Waals surface area (Å²) in [5.41, 5.74) is 1.40. The van der Waals surface area contributed by atoms with Crippen LogP contribution >= 0.6 is 0 Å². The average Bonchev–Trinajstić information content (AvgIpc) is 2.60. The number of nitro groups is 1. The number of nitro benzene ring substituents is 1. The van der Waals surface area contributed by atoms with Gasteiger partial charge in [0.15, 0.2) is 0 Å². The maximum Gasteiger partial charge on any atom is 0.328 e. The van der Waals surface area contributed by atoms with E-state index >= 15 is 0 Å². The Balaban J connectivity index is 1.95. The molecule has 0 unspecified atom stereocenters. The van der Waals surface area contributed by atoms with Gasteiger partial charge in [0.25, 0.3) is 11.6 Å². The number of rotatable bonds is 6. The summed E-state index contributed by atoms with van der Waals surface area (Å²) in [6.07, 6.45) is 0. The van der Waals surface area contributed by atoms with E-state index in [1.807, 2.05) is 0 Å². The molecule has 7 heteroatoms. The van der Waals surface area contributed by atoms with Gasteiger partial charge < -0.3 is 10.1 Å². The summed E-state index contributed by atoms with van der Waals surface area (Å²) in [7, 11) is 0. The molecule has 25 heavy (non-hydrogen) atoms. The minimum absolute atomic E-state index is 0.0287. The second-order valence-electron chi connectivity index (χ2n) is 5.49. The molecule has 1 N–H and O–H groups in total. The van der Waals surface area contributed by atoms with Crippen LogP contribution in [0.1, 0.15) is 28.4 Å². The number of carbonyl (C=O) groups excluding carboxylic acids is 2. The second-order valence-corrected chi connectivity index (χ2v) is 5.49. The summed E-state index contributed by atoms with van der Waals surface area (Å²) in [4.78, 5) is 34.5. The molecule has 0 saturated carbocycles. The molecule has 0 fully saturated rings. The van der Waals surface area contributed by atoms with Gasteiger partial charge in [0.05, 0.1) is 4.92 Å². The second kappa shape index (κ2) is 8.05. The highest BCUT2D eigenvalue weighted by atomic mass is 16.6. The van der Waals surface area contributed by atoms with E-state index in [9.17, 15) is 19.7 Å². The van der Waals surface area contributed by atoms with Crippen molar-refractivity contribution < 1.29 is 19.2 Å². The van der Waals surface area contributed by atoms with Crippen LogP contribution in [0.3, 0.4) is 0 Å². The molecule has 7 nitrogen and oxygen atoms in total. The third-order valence-corrected chi connectivity index (χ3v) is 3.72. The number of amides is 1. The summed E-state index contributed by atoms with van der Waals surface area (Å²) >= 11 is 0. The average molecular weight is 342 g/mol. The van der Waals surface area contributed by atoms with Crippen molar-refractivity contribution in [3.63, 3.8) is 0 Å². The monoisotopic (exact) mass is 342 g/mol. The van der Waals surface area contributed by atoms with Gasteiger partial charge in [-0.2, -0.15) is 0 Å². The minimum atomic E-state index is -0.841. The van der Waals surface area contributed by atoms with Gasteiger partial charge in [-0.15, -0.1) is 0 Å². The van der Waals surface area contributed by atoms with Crippen LogP contribution in [-0.2, 0) is 16.1 Å². The van der Waals surface area contributed by atoms with E-state index in [1.54, 1.807) is 43.3 Å². The summed E-state index contributed by atoms with van der Waals surface area (Å²) in [6, 6.07) is 12.3. The Bertz CT molecular complexity index is 789. The molecule has 2 aromatic carbocycles. The highest BCUT2D eigenvalue weighted by molar-refractivity contribution is 5.96. The molecule has 0 saturated heterocycles. The third-order valence-electron chi connectivity index (χ3n) is 3.72. The Morgan fingerprint density at radius 1 is 1.16 bits per heavy atom. The molecule has 130 valence electrons. The highest BCUT2D eigenvalue weighted by Crippen LogP contribution is 2.21. The van der Waals surface area contributed by atoms with Crippen LogP contribution in [0.25, 0.3) is 0 Å². The van der Waals surface area contributed by atoms with Crippen molar-refractivity contribution >= 4 is 17.6 Å². The standard InChI is InChI=1S/C18H18N2O5/c1-12-15(9-6-10-16(12)20(23)24)11-25-18(22)13(2)19-17(21)14-7-4-3-5-8-14/h3-10,13H,11H2,1-2H3,(H,19,21)/t13-/m1/s1. The maximum absolute atomic E-state index is 12.0. The third kappa shape index (κ3) is 4.63. The molecule has 0 aliphatic rings. The summed E-state index contributed by atoms with van der Waals surface area (Å²) in [6.45, 7) is 3.02. The zero-order valence-corrected chi connectivity index (χ0v) is 13.9. The Morgan fingerprint density at radius 3 is 2.48 bits per heavy atom. The lowest BCUT2D eigenvalue weighted by Crippen LogP contribution is -2.39. The normalized spacial score (nSPS) is 11.4. The molecule has 1 atom stereocenters. The van der Waals surface area contributed by atoms with Gasteiger partial charge in [-0.3, -0.25) is 14.9 Å². The van der Waals surface area contributed by atoms with Gasteiger partial charge in [-0.25, -0.2) is 4.79 Å². The number of hydrogen-bond acceptors (Lipinski definition) is 5. The topological polar surface area (TPSA) is 98.5 Å². The predicted octanol–water partition coefficient (Wildman–Crippen LogP) is 2.76. The number of ether oxygens (including phenoxy) is 1. The number of nitrogens with zero attached hydrogens (tertiary/aromatic N) is 1. The summed E-state index contributed by atoms with van der Waals surface area (Å²) in [5, 5.41) is 13.5. The number of benzene rings is 2. The Morgan fingerprint density at radius 2 is 1.84 bits per heavy atom. The Kier molecular flexibility index (Phi) is 5.84. The smallest absolute Gasteiger partial charge is 0.328 e. The first kappa shape index (κ1) is 18.1. The van der Waals surface area contributed by atoms with Crippen molar-refractivity contribution in [3.8, 4) is 0 Å². The molecule has 0 aliphatic heterocycles. The van der Waals surface area contributed by atoms with Crippen LogP contribution < -0.4 is 5.32 Å². The first-order chi connectivity index (χ1) is 11.9. The molecule has 1 amide bonds. The quantitative estimate of drug-likeness (QED) is 0.494. The molecule has 0 radical (unpaired) electrons. The molecule has 2 aromatic rings. The molecule has 0 spiro atoms. The molecule has 0 aliphatic carbocycles. The van der Waals surface area contributed by atoms with Crippen LogP contribution in [-0.4, -0.2) is 22.8 Å². The van der Waals surface area contributed by atoms with Crippen LogP contribution in [0, 0.1) is 17.0 Å². The number of nitrogens with one attached hydrogen (secondary N) is 1. The van der Waals surface area contributed by atoms with Crippen LogP contribution in [0.2, 0.25) is 0 Å². The first-order valence-electron chi connectivity index (χ1n) is 7.65. The van der Waals surface area contributed by atoms with Gasteiger partial charge in [0.2, 0.25) is 0 Å². The molecule has 0 bridgehead atoms. The number of carbonyl (C=O) groups is 2. The fourth-order valence-corrected chi connectivity index (χ4v) is 2.23. The Labute approximate surface area is 144 Å². The lowest BCUT2D eigenvalue weighted by Gasteiger charge is -2.14. The van der Waals surface area contributed by atoms with Crippen molar-refractivity contribution in [3.05, 3.63) is 75.3 Å². The van der Waals surface area contributed by atoms with E-state index in [0.717, 1.165) is 0 Å². The van der Waals surface area contributed by atoms with Gasteiger partial charge in [0.1, 0.15) is 12.6 Å². The predicted molar refractivity (Wildman–Crippen MR) is 91.0 cm³/mol. The van der Waals surface area contributed by atoms with Gasteiger partial charge in [0, 0.05) is 17.2 Å². The molecule has 2 rings (SSSR count). The van der Waals surface area contributed by atoms with E-state index in [-0.39, 0.29) is 18.2 Å². The van der Waals surface area contributed by atoms with Crippen molar-refractivity contribution in [2.45, 2.75) is 26.5 Å².